The Morgan fingerprint density at radius 2 is 2.05 bits per heavy atom. The highest BCUT2D eigenvalue weighted by atomic mass is 19.1. The Bertz CT molecular complexity index is 499. The van der Waals surface area contributed by atoms with E-state index in [1.807, 2.05) is 7.05 Å². The molecule has 4 nitrogen and oxygen atoms in total. The Balaban J connectivity index is 1.97. The molecule has 0 aliphatic carbocycles. The van der Waals surface area contributed by atoms with Crippen molar-refractivity contribution in [1.82, 2.24) is 10.2 Å². The van der Waals surface area contributed by atoms with E-state index in [1.165, 1.54) is 0 Å². The second-order valence-electron chi connectivity index (χ2n) is 5.28. The highest BCUT2D eigenvalue weighted by Crippen LogP contribution is 2.19. The molecule has 0 atom stereocenters. The van der Waals surface area contributed by atoms with Crippen molar-refractivity contribution in [3.05, 3.63) is 29.3 Å². The molecule has 0 saturated carbocycles. The quantitative estimate of drug-likeness (QED) is 0.829. The molecule has 0 bridgehead atoms. The van der Waals surface area contributed by atoms with Crippen LogP contribution in [0.1, 0.15) is 23.2 Å². The lowest BCUT2D eigenvalue weighted by Crippen LogP contribution is -2.37. The molecule has 1 saturated heterocycles. The molecule has 1 heterocycles. The number of carbonyl (C=O) groups is 1. The molecule has 1 aliphatic rings. The molecule has 0 aromatic heterocycles. The SMILES string of the molecule is CN1CCC(CNC(=O)c2c(F)ccc(N)c2F)CC1. The van der Waals surface area contributed by atoms with E-state index in [1.54, 1.807) is 0 Å². The number of amides is 1. The van der Waals surface area contributed by atoms with Crippen LogP contribution in [0.25, 0.3) is 0 Å². The molecule has 0 radical (unpaired) electrons. The van der Waals surface area contributed by atoms with E-state index in [9.17, 15) is 13.6 Å². The molecule has 0 unspecified atom stereocenters. The van der Waals surface area contributed by atoms with Crippen molar-refractivity contribution in [2.45, 2.75) is 12.8 Å². The van der Waals surface area contributed by atoms with Crippen LogP contribution >= 0.6 is 0 Å². The molecule has 1 amide bonds. The van der Waals surface area contributed by atoms with Crippen LogP contribution in [0.2, 0.25) is 0 Å². The number of likely N-dealkylation sites (tertiary alicyclic amines) is 1. The van der Waals surface area contributed by atoms with E-state index >= 15 is 0 Å². The minimum absolute atomic E-state index is 0.226. The number of hydrogen-bond acceptors (Lipinski definition) is 3. The third-order valence-electron chi connectivity index (χ3n) is 3.74. The third kappa shape index (κ3) is 3.25. The van der Waals surface area contributed by atoms with E-state index < -0.39 is 23.1 Å². The molecule has 6 heteroatoms. The first-order valence-electron chi connectivity index (χ1n) is 6.69. The standard InChI is InChI=1S/C14H19F2N3O/c1-19-6-4-9(5-7-19)8-18-14(20)12-10(15)2-3-11(17)13(12)16/h2-3,9H,4-8,17H2,1H3,(H,18,20). The number of nitrogens with zero attached hydrogens (tertiary/aromatic N) is 1. The van der Waals surface area contributed by atoms with E-state index in [2.05, 4.69) is 10.2 Å². The number of carbonyl (C=O) groups excluding carboxylic acids is 1. The number of nitrogens with two attached hydrogens (primary N) is 1. The first-order chi connectivity index (χ1) is 9.49. The average Bonchev–Trinajstić information content (AvgIpc) is 2.43. The fourth-order valence-electron chi connectivity index (χ4n) is 2.37. The minimum Gasteiger partial charge on any atom is -0.396 e. The van der Waals surface area contributed by atoms with Crippen LogP contribution in [0.3, 0.4) is 0 Å². The van der Waals surface area contributed by atoms with Crippen LogP contribution in [0, 0.1) is 17.6 Å². The van der Waals surface area contributed by atoms with Crippen molar-refractivity contribution in [2.24, 2.45) is 5.92 Å². The van der Waals surface area contributed by atoms with Gasteiger partial charge in [0.15, 0.2) is 5.82 Å². The van der Waals surface area contributed by atoms with E-state index in [0.29, 0.717) is 12.5 Å². The predicted octanol–water partition coefficient (Wildman–Crippen LogP) is 1.62. The second-order valence-corrected chi connectivity index (χ2v) is 5.28. The van der Waals surface area contributed by atoms with E-state index in [-0.39, 0.29) is 5.69 Å². The Morgan fingerprint density at radius 1 is 1.40 bits per heavy atom. The highest BCUT2D eigenvalue weighted by molar-refractivity contribution is 5.95. The second kappa shape index (κ2) is 6.17. The zero-order chi connectivity index (χ0) is 14.7. The van der Waals surface area contributed by atoms with Crippen molar-refractivity contribution < 1.29 is 13.6 Å². The first kappa shape index (κ1) is 14.7. The molecular formula is C14H19F2N3O. The van der Waals surface area contributed by atoms with Crippen LogP contribution in [0.5, 0.6) is 0 Å². The van der Waals surface area contributed by atoms with Crippen molar-refractivity contribution >= 4 is 11.6 Å². The Kier molecular flexibility index (Phi) is 4.54. The number of hydrogen-bond donors (Lipinski definition) is 2. The number of halogens is 2. The van der Waals surface area contributed by atoms with Gasteiger partial charge in [0.25, 0.3) is 5.91 Å². The predicted molar refractivity (Wildman–Crippen MR) is 73.3 cm³/mol. The summed E-state index contributed by atoms with van der Waals surface area (Å²) in [5, 5.41) is 2.60. The van der Waals surface area contributed by atoms with Crippen LogP contribution in [0.15, 0.2) is 12.1 Å². The van der Waals surface area contributed by atoms with Crippen molar-refractivity contribution in [1.29, 1.82) is 0 Å². The summed E-state index contributed by atoms with van der Waals surface area (Å²) in [4.78, 5) is 14.1. The van der Waals surface area contributed by atoms with Gasteiger partial charge in [-0.3, -0.25) is 4.79 Å². The van der Waals surface area contributed by atoms with Crippen LogP contribution in [0.4, 0.5) is 14.5 Å². The number of nitrogens with one attached hydrogen (secondary N) is 1. The van der Waals surface area contributed by atoms with Gasteiger partial charge in [-0.05, 0) is 51.0 Å². The van der Waals surface area contributed by atoms with Gasteiger partial charge in [0.1, 0.15) is 11.4 Å². The third-order valence-corrected chi connectivity index (χ3v) is 3.74. The van der Waals surface area contributed by atoms with Gasteiger partial charge in [0.05, 0.1) is 5.69 Å². The maximum absolute atomic E-state index is 13.7. The summed E-state index contributed by atoms with van der Waals surface area (Å²) >= 11 is 0. The van der Waals surface area contributed by atoms with Gasteiger partial charge < -0.3 is 16.0 Å². The van der Waals surface area contributed by atoms with Crippen LogP contribution < -0.4 is 11.1 Å². The molecule has 1 aromatic rings. The van der Waals surface area contributed by atoms with Gasteiger partial charge in [-0.25, -0.2) is 8.78 Å². The molecule has 3 N–H and O–H groups in total. The number of piperidine rings is 1. The number of benzene rings is 1. The molecule has 1 aromatic carbocycles. The van der Waals surface area contributed by atoms with Gasteiger partial charge in [0, 0.05) is 6.54 Å². The molecule has 1 aliphatic heterocycles. The van der Waals surface area contributed by atoms with Crippen LogP contribution in [-0.4, -0.2) is 37.5 Å². The van der Waals surface area contributed by atoms with Gasteiger partial charge in [-0.2, -0.15) is 0 Å². The fraction of sp³-hybridized carbons (Fsp3) is 0.500. The Labute approximate surface area is 116 Å². The fourth-order valence-corrected chi connectivity index (χ4v) is 2.37. The summed E-state index contributed by atoms with van der Waals surface area (Å²) in [6.45, 7) is 2.38. The summed E-state index contributed by atoms with van der Waals surface area (Å²) < 4.78 is 27.2. The van der Waals surface area contributed by atoms with Gasteiger partial charge >= 0.3 is 0 Å². The van der Waals surface area contributed by atoms with Crippen LogP contribution in [-0.2, 0) is 0 Å². The molecule has 110 valence electrons. The summed E-state index contributed by atoms with van der Waals surface area (Å²) in [6, 6.07) is 2.11. The Hall–Kier alpha value is -1.69. The highest BCUT2D eigenvalue weighted by Gasteiger charge is 2.22. The summed E-state index contributed by atoms with van der Waals surface area (Å²) in [6.07, 6.45) is 1.94. The van der Waals surface area contributed by atoms with Crippen molar-refractivity contribution in [2.75, 3.05) is 32.4 Å². The maximum atomic E-state index is 13.7. The monoisotopic (exact) mass is 283 g/mol. The van der Waals surface area contributed by atoms with Crippen molar-refractivity contribution in [3.8, 4) is 0 Å². The maximum Gasteiger partial charge on any atom is 0.257 e. The van der Waals surface area contributed by atoms with Gasteiger partial charge in [-0.15, -0.1) is 0 Å². The van der Waals surface area contributed by atoms with Gasteiger partial charge in [-0.1, -0.05) is 0 Å². The molecule has 0 spiro atoms. The smallest absolute Gasteiger partial charge is 0.257 e. The summed E-state index contributed by atoms with van der Waals surface area (Å²) in [7, 11) is 2.05. The number of rotatable bonds is 3. The van der Waals surface area contributed by atoms with E-state index in [4.69, 9.17) is 5.73 Å². The number of nitrogen functional groups attached to an aromatic ring is 1. The summed E-state index contributed by atoms with van der Waals surface area (Å²) in [5.41, 5.74) is 4.53. The van der Waals surface area contributed by atoms with Gasteiger partial charge in [0.2, 0.25) is 0 Å². The molecule has 2 rings (SSSR count). The average molecular weight is 283 g/mol. The lowest BCUT2D eigenvalue weighted by molar-refractivity contribution is 0.0930. The minimum atomic E-state index is -0.995. The topological polar surface area (TPSA) is 58.4 Å². The molecule has 1 fully saturated rings. The zero-order valence-electron chi connectivity index (χ0n) is 11.5. The summed E-state index contributed by atoms with van der Waals surface area (Å²) in [5.74, 6) is -2.28. The first-order valence-corrected chi connectivity index (χ1v) is 6.69. The normalized spacial score (nSPS) is 17.1. The lowest BCUT2D eigenvalue weighted by atomic mass is 9.97. The van der Waals surface area contributed by atoms with E-state index in [0.717, 1.165) is 38.1 Å². The molecular weight excluding hydrogens is 264 g/mol. The lowest BCUT2D eigenvalue weighted by Gasteiger charge is -2.28. The molecule has 20 heavy (non-hydrogen) atoms. The largest absolute Gasteiger partial charge is 0.396 e. The van der Waals surface area contributed by atoms with Crippen molar-refractivity contribution in [3.63, 3.8) is 0 Å². The number of anilines is 1. The zero-order valence-corrected chi connectivity index (χ0v) is 11.5. The Morgan fingerprint density at radius 3 is 2.70 bits per heavy atom.